The number of Topliss-reactive ketones (excluding diaryl/α,β-unsaturated/α-hetero) is 2. The van der Waals surface area contributed by atoms with Crippen LogP contribution in [-0.2, 0) is 0 Å². The third-order valence-corrected chi connectivity index (χ3v) is 24.7. The van der Waals surface area contributed by atoms with Crippen LogP contribution in [0.3, 0.4) is 0 Å². The minimum atomic E-state index is -2.19. The van der Waals surface area contributed by atoms with E-state index in [1.807, 2.05) is 71.2 Å². The van der Waals surface area contributed by atoms with Crippen LogP contribution in [-0.4, -0.2) is 27.7 Å². The molecule has 0 saturated carbocycles. The van der Waals surface area contributed by atoms with E-state index in [-0.39, 0.29) is 22.7 Å². The summed E-state index contributed by atoms with van der Waals surface area (Å²) in [6.45, 7) is 9.76. The first-order chi connectivity index (χ1) is 28.9. The van der Waals surface area contributed by atoms with Crippen LogP contribution < -0.4 is 20.7 Å². The van der Waals surface area contributed by atoms with Gasteiger partial charge in [-0.2, -0.15) is 21.0 Å². The summed E-state index contributed by atoms with van der Waals surface area (Å²) in [6, 6.07) is 31.9. The normalized spacial score (nSPS) is 17.3. The second kappa shape index (κ2) is 12.6. The third-order valence-electron chi connectivity index (χ3n) is 12.5. The maximum absolute atomic E-state index is 13.7. The summed E-state index contributed by atoms with van der Waals surface area (Å²) in [4.78, 5) is 31.9. The van der Waals surface area contributed by atoms with E-state index in [1.165, 1.54) is 60.4 Å². The van der Waals surface area contributed by atoms with Crippen molar-refractivity contribution in [3.63, 3.8) is 0 Å². The number of fused-ring (bicyclic) bond motifs is 12. The lowest BCUT2D eigenvalue weighted by atomic mass is 9.99. The molecule has 0 atom stereocenters. The Balaban J connectivity index is 0.989. The van der Waals surface area contributed by atoms with Crippen molar-refractivity contribution >= 4 is 136 Å². The average Bonchev–Trinajstić information content (AvgIpc) is 4.11. The molecule has 4 aromatic heterocycles. The van der Waals surface area contributed by atoms with Crippen molar-refractivity contribution in [3.8, 4) is 45.2 Å². The van der Waals surface area contributed by atoms with E-state index in [4.69, 9.17) is 0 Å². The number of hydrogen-bond donors (Lipinski definition) is 0. The van der Waals surface area contributed by atoms with Crippen molar-refractivity contribution in [1.29, 1.82) is 21.0 Å². The predicted octanol–water partition coefficient (Wildman–Crippen LogP) is 10.0. The molecule has 6 nitrogen and oxygen atoms in total. The van der Waals surface area contributed by atoms with E-state index in [0.29, 0.717) is 44.5 Å². The SMILES string of the molecule is C[Si]1(C)c2cc3c(cc2-c2sc4sc(C=C5C(=O)c6ccccc6C5=C(C#N)C#N)cc4c21)[Si](C)(C)c1c-3sc2sc(C=C3C(=O)c4ccccc4C3=C(C#N)C#N)cc12. The smallest absolute Gasteiger partial charge is 0.194 e. The highest BCUT2D eigenvalue weighted by Crippen LogP contribution is 2.49. The van der Waals surface area contributed by atoms with Crippen LogP contribution in [0.25, 0.3) is 63.0 Å². The van der Waals surface area contributed by atoms with E-state index >= 15 is 0 Å². The average molecular weight is 875 g/mol. The van der Waals surface area contributed by atoms with E-state index in [0.717, 1.165) is 9.75 Å². The number of benzene rings is 3. The molecule has 7 aromatic rings. The van der Waals surface area contributed by atoms with Gasteiger partial charge in [0, 0.05) is 63.7 Å². The number of nitrogens with zero attached hydrogens (tertiary/aromatic N) is 4. The van der Waals surface area contributed by atoms with Gasteiger partial charge in [0.25, 0.3) is 0 Å². The molecular weight excluding hydrogens is 849 g/mol. The van der Waals surface area contributed by atoms with Gasteiger partial charge in [-0.05, 0) is 67.3 Å². The molecule has 0 fully saturated rings. The Hall–Kier alpha value is -6.33. The van der Waals surface area contributed by atoms with Crippen molar-refractivity contribution in [2.24, 2.45) is 0 Å². The number of thiophene rings is 4. The van der Waals surface area contributed by atoms with E-state index in [1.54, 1.807) is 59.1 Å². The lowest BCUT2D eigenvalue weighted by Crippen LogP contribution is -2.51. The van der Waals surface area contributed by atoms with Crippen LogP contribution in [0.5, 0.6) is 0 Å². The van der Waals surface area contributed by atoms with Crippen LogP contribution in [0.15, 0.2) is 95.1 Å². The summed E-state index contributed by atoms with van der Waals surface area (Å²) in [5, 5.41) is 47.6. The minimum absolute atomic E-state index is 0.0566. The van der Waals surface area contributed by atoms with Gasteiger partial charge < -0.3 is 0 Å². The van der Waals surface area contributed by atoms with Crippen molar-refractivity contribution < 1.29 is 9.59 Å². The number of carbonyl (C=O) groups is 2. The molecule has 0 bridgehead atoms. The Morgan fingerprint density at radius 1 is 0.517 bits per heavy atom. The number of rotatable bonds is 2. The van der Waals surface area contributed by atoms with Gasteiger partial charge >= 0.3 is 0 Å². The zero-order chi connectivity index (χ0) is 41.6. The molecule has 0 amide bonds. The number of carbonyl (C=O) groups excluding carboxylic acids is 2. The first-order valence-electron chi connectivity index (χ1n) is 19.1. The number of allylic oxidation sites excluding steroid dienone is 6. The van der Waals surface area contributed by atoms with Crippen LogP contribution in [0, 0.1) is 45.3 Å². The fourth-order valence-electron chi connectivity index (χ4n) is 9.84. The van der Waals surface area contributed by atoms with Crippen molar-refractivity contribution in [2.75, 3.05) is 0 Å². The van der Waals surface area contributed by atoms with Crippen LogP contribution in [0.4, 0.5) is 0 Å². The van der Waals surface area contributed by atoms with Crippen molar-refractivity contribution in [2.45, 2.75) is 26.2 Å². The molecule has 11 rings (SSSR count). The summed E-state index contributed by atoms with van der Waals surface area (Å²) in [5.41, 5.74) is 6.49. The maximum atomic E-state index is 13.7. The van der Waals surface area contributed by atoms with E-state index in [2.05, 4.69) is 50.5 Å². The number of ketones is 2. The number of nitriles is 4. The molecule has 0 unspecified atom stereocenters. The van der Waals surface area contributed by atoms with Gasteiger partial charge in [0.1, 0.15) is 51.6 Å². The fourth-order valence-corrected chi connectivity index (χ4v) is 23.6. The quantitative estimate of drug-likeness (QED) is 0.0966. The van der Waals surface area contributed by atoms with Crippen molar-refractivity contribution in [3.05, 3.63) is 127 Å². The van der Waals surface area contributed by atoms with Crippen LogP contribution in [0.2, 0.25) is 26.2 Å². The van der Waals surface area contributed by atoms with Gasteiger partial charge in [0.05, 0.1) is 8.03 Å². The molecule has 0 radical (unpaired) electrons. The van der Waals surface area contributed by atoms with Crippen molar-refractivity contribution in [1.82, 2.24) is 0 Å². The monoisotopic (exact) mass is 874 g/mol. The molecule has 0 saturated heterocycles. The van der Waals surface area contributed by atoms with E-state index < -0.39 is 16.1 Å². The predicted molar refractivity (Wildman–Crippen MR) is 251 cm³/mol. The Morgan fingerprint density at radius 2 is 0.883 bits per heavy atom. The first-order valence-corrected chi connectivity index (χ1v) is 28.3. The van der Waals surface area contributed by atoms with Gasteiger partial charge in [-0.1, -0.05) is 86.9 Å². The molecule has 0 spiro atoms. The molecule has 6 heterocycles. The summed E-state index contributed by atoms with van der Waals surface area (Å²) >= 11 is 6.98. The molecule has 4 aliphatic rings. The summed E-state index contributed by atoms with van der Waals surface area (Å²) in [5.74, 6) is -0.331. The summed E-state index contributed by atoms with van der Waals surface area (Å²) < 4.78 is 2.42. The molecule has 2 aliphatic heterocycles. The zero-order valence-corrected chi connectivity index (χ0v) is 37.6. The lowest BCUT2D eigenvalue weighted by Gasteiger charge is -2.22. The first kappa shape index (κ1) is 36.7. The Kier molecular flexibility index (Phi) is 7.71. The van der Waals surface area contributed by atoms with Crippen LogP contribution in [0.1, 0.15) is 41.6 Å². The summed E-state index contributed by atoms with van der Waals surface area (Å²) in [7, 11) is -4.37. The van der Waals surface area contributed by atoms with Gasteiger partial charge in [-0.3, -0.25) is 9.59 Å². The lowest BCUT2D eigenvalue weighted by molar-refractivity contribution is 0.103. The third kappa shape index (κ3) is 4.72. The van der Waals surface area contributed by atoms with Crippen LogP contribution >= 0.6 is 45.3 Å². The topological polar surface area (TPSA) is 129 Å². The fraction of sp³-hybridized carbons (Fsp3) is 0.0833. The second-order valence-corrected chi connectivity index (χ2v) is 29.6. The Morgan fingerprint density at radius 3 is 1.25 bits per heavy atom. The molecule has 282 valence electrons. The van der Waals surface area contributed by atoms with E-state index in [9.17, 15) is 30.6 Å². The zero-order valence-electron chi connectivity index (χ0n) is 32.3. The maximum Gasteiger partial charge on any atom is 0.194 e. The highest BCUT2D eigenvalue weighted by atomic mass is 32.2. The number of hydrogen-bond acceptors (Lipinski definition) is 10. The highest BCUT2D eigenvalue weighted by Gasteiger charge is 2.47. The largest absolute Gasteiger partial charge is 0.289 e. The van der Waals surface area contributed by atoms with Gasteiger partial charge in [0.2, 0.25) is 0 Å². The molecular formula is C48H26N4O2S4Si2. The molecule has 60 heavy (non-hydrogen) atoms. The Bertz CT molecular complexity index is 3320. The molecule has 3 aromatic carbocycles. The highest BCUT2D eigenvalue weighted by molar-refractivity contribution is 7.43. The molecule has 2 aliphatic carbocycles. The van der Waals surface area contributed by atoms with Gasteiger partial charge in [-0.25, -0.2) is 0 Å². The standard InChI is InChI=1S/C48H26N4O2S4Si2/c1-59(2)37-17-32-38(18-31(37)43-45(59)35-15-25(55-47(35)57-43)13-33-39(23(19-49)20-50)27-9-5-7-11-29(27)41(33)53)60(3,4)46-36-16-26(56-48(36)58-44(32)46)14-34-40(24(21-51)22-52)28-10-6-8-12-30(28)42(34)54/h5-18H,1-4H3. The molecule has 0 N–H and O–H groups in total. The molecule has 12 heteroatoms. The Labute approximate surface area is 362 Å². The second-order valence-electron chi connectivity index (χ2n) is 16.3. The van der Waals surface area contributed by atoms with Gasteiger partial charge in [0.15, 0.2) is 11.6 Å². The summed E-state index contributed by atoms with van der Waals surface area (Å²) in [6.07, 6.45) is 3.74. The van der Waals surface area contributed by atoms with Gasteiger partial charge in [-0.15, -0.1) is 45.3 Å². The minimum Gasteiger partial charge on any atom is -0.289 e.